The van der Waals surface area contributed by atoms with Crippen LogP contribution < -0.4 is 0 Å². The van der Waals surface area contributed by atoms with Crippen LogP contribution in [0.5, 0.6) is 0 Å². The summed E-state index contributed by atoms with van der Waals surface area (Å²) in [5.41, 5.74) is 0. The third kappa shape index (κ3) is 3.46. The summed E-state index contributed by atoms with van der Waals surface area (Å²) >= 11 is 0.691. The molecule has 19 heavy (non-hydrogen) atoms. The number of thiophene rings is 1. The van der Waals surface area contributed by atoms with Gasteiger partial charge < -0.3 is 10.0 Å². The molecule has 0 unspecified atom stereocenters. The monoisotopic (exact) mass is 293 g/mol. The third-order valence-electron chi connectivity index (χ3n) is 2.63. The van der Waals surface area contributed by atoms with Gasteiger partial charge in [-0.1, -0.05) is 0 Å². The Bertz CT molecular complexity index is 508. The van der Waals surface area contributed by atoms with E-state index < -0.39 is 24.6 Å². The van der Waals surface area contributed by atoms with Crippen LogP contribution in [0.3, 0.4) is 0 Å². The molecule has 0 bridgehead atoms. The van der Waals surface area contributed by atoms with Crippen LogP contribution in [0.4, 0.5) is 13.2 Å². The Hall–Kier alpha value is -1.57. The van der Waals surface area contributed by atoms with Crippen LogP contribution >= 0.6 is 11.3 Å². The molecule has 1 amide bonds. The highest BCUT2D eigenvalue weighted by atomic mass is 32.1. The highest BCUT2D eigenvalue weighted by Gasteiger charge is 2.41. The molecular weight excluding hydrogens is 283 g/mol. The summed E-state index contributed by atoms with van der Waals surface area (Å²) < 4.78 is 37.3. The molecule has 4 nitrogen and oxygen atoms in total. The number of aromatic carboxylic acids is 1. The molecule has 1 heterocycles. The summed E-state index contributed by atoms with van der Waals surface area (Å²) in [6, 6.07) is 2.09. The molecule has 1 aromatic rings. The van der Waals surface area contributed by atoms with Crippen molar-refractivity contribution in [3.63, 3.8) is 0 Å². The van der Waals surface area contributed by atoms with Gasteiger partial charge in [0.2, 0.25) is 0 Å². The zero-order chi connectivity index (χ0) is 14.2. The van der Waals surface area contributed by atoms with Gasteiger partial charge in [-0.15, -0.1) is 11.3 Å². The van der Waals surface area contributed by atoms with E-state index in [0.717, 1.165) is 4.90 Å². The van der Waals surface area contributed by atoms with E-state index in [0.29, 0.717) is 24.2 Å². The minimum atomic E-state index is -4.45. The zero-order valence-electron chi connectivity index (χ0n) is 9.61. The summed E-state index contributed by atoms with van der Waals surface area (Å²) in [5.74, 6) is -1.95. The van der Waals surface area contributed by atoms with Crippen molar-refractivity contribution in [1.82, 2.24) is 4.90 Å². The van der Waals surface area contributed by atoms with E-state index in [1.807, 2.05) is 0 Å². The lowest BCUT2D eigenvalue weighted by molar-refractivity contribution is -0.141. The number of rotatable bonds is 4. The van der Waals surface area contributed by atoms with Gasteiger partial charge in [-0.25, -0.2) is 4.79 Å². The van der Waals surface area contributed by atoms with Gasteiger partial charge in [0.25, 0.3) is 5.91 Å². The van der Waals surface area contributed by atoms with Gasteiger partial charge in [0, 0.05) is 6.04 Å². The Morgan fingerprint density at radius 2 is 1.89 bits per heavy atom. The summed E-state index contributed by atoms with van der Waals surface area (Å²) in [5, 5.41) is 8.73. The van der Waals surface area contributed by atoms with Crippen molar-refractivity contribution < 1.29 is 27.9 Å². The fourth-order valence-corrected chi connectivity index (χ4v) is 2.46. The van der Waals surface area contributed by atoms with Crippen molar-refractivity contribution in [1.29, 1.82) is 0 Å². The summed E-state index contributed by atoms with van der Waals surface area (Å²) in [6.45, 7) is -1.29. The van der Waals surface area contributed by atoms with Crippen molar-refractivity contribution in [2.24, 2.45) is 0 Å². The first-order chi connectivity index (χ1) is 8.78. The highest BCUT2D eigenvalue weighted by Crippen LogP contribution is 2.32. The number of carboxylic acid groups (broad SMARTS) is 1. The van der Waals surface area contributed by atoms with E-state index in [4.69, 9.17) is 5.11 Å². The van der Waals surface area contributed by atoms with Crippen molar-refractivity contribution in [2.45, 2.75) is 25.1 Å². The minimum Gasteiger partial charge on any atom is -0.477 e. The van der Waals surface area contributed by atoms with Crippen molar-refractivity contribution in [2.75, 3.05) is 6.54 Å². The highest BCUT2D eigenvalue weighted by molar-refractivity contribution is 7.15. The maximum Gasteiger partial charge on any atom is 0.406 e. The molecule has 0 saturated heterocycles. The molecule has 0 aliphatic heterocycles. The van der Waals surface area contributed by atoms with Crippen molar-refractivity contribution in [3.8, 4) is 0 Å². The van der Waals surface area contributed by atoms with E-state index in [1.165, 1.54) is 12.1 Å². The SMILES string of the molecule is O=C(O)c1ccc(C(=O)N(CC(F)(F)F)C2CC2)s1. The number of halogens is 3. The zero-order valence-corrected chi connectivity index (χ0v) is 10.4. The van der Waals surface area contributed by atoms with E-state index in [-0.39, 0.29) is 15.8 Å². The maximum atomic E-state index is 12.4. The first-order valence-electron chi connectivity index (χ1n) is 5.49. The van der Waals surface area contributed by atoms with Gasteiger partial charge in [-0.3, -0.25) is 4.79 Å². The van der Waals surface area contributed by atoms with Crippen LogP contribution in [-0.2, 0) is 0 Å². The van der Waals surface area contributed by atoms with Gasteiger partial charge in [-0.2, -0.15) is 13.2 Å². The predicted molar refractivity (Wildman–Crippen MR) is 61.4 cm³/mol. The number of hydrogen-bond acceptors (Lipinski definition) is 3. The molecule has 1 aliphatic carbocycles. The maximum absolute atomic E-state index is 12.4. The predicted octanol–water partition coefficient (Wildman–Crippen LogP) is 2.61. The van der Waals surface area contributed by atoms with Gasteiger partial charge in [0.15, 0.2) is 0 Å². The number of alkyl halides is 3. The van der Waals surface area contributed by atoms with Gasteiger partial charge in [-0.05, 0) is 25.0 Å². The van der Waals surface area contributed by atoms with Crippen molar-refractivity contribution in [3.05, 3.63) is 21.9 Å². The van der Waals surface area contributed by atoms with Crippen molar-refractivity contribution >= 4 is 23.2 Å². The number of carboxylic acids is 1. The molecule has 0 radical (unpaired) electrons. The smallest absolute Gasteiger partial charge is 0.406 e. The normalized spacial score (nSPS) is 15.3. The number of nitrogens with zero attached hydrogens (tertiary/aromatic N) is 1. The van der Waals surface area contributed by atoms with Crippen LogP contribution in [0, 0.1) is 0 Å². The fraction of sp³-hybridized carbons (Fsp3) is 0.455. The number of hydrogen-bond donors (Lipinski definition) is 1. The fourth-order valence-electron chi connectivity index (χ4n) is 1.66. The Balaban J connectivity index is 2.16. The molecule has 1 aliphatic rings. The van der Waals surface area contributed by atoms with E-state index in [1.54, 1.807) is 0 Å². The molecule has 0 aromatic carbocycles. The van der Waals surface area contributed by atoms with Crippen LogP contribution in [0.25, 0.3) is 0 Å². The molecule has 104 valence electrons. The van der Waals surface area contributed by atoms with E-state index >= 15 is 0 Å². The summed E-state index contributed by atoms with van der Waals surface area (Å²) in [4.78, 5) is 23.4. The molecule has 1 fully saturated rings. The molecular formula is C11H10F3NO3S. The average Bonchev–Trinajstić information content (AvgIpc) is 3.00. The Kier molecular flexibility index (Phi) is 3.53. The Morgan fingerprint density at radius 1 is 1.32 bits per heavy atom. The van der Waals surface area contributed by atoms with Gasteiger partial charge in [0.1, 0.15) is 11.4 Å². The Morgan fingerprint density at radius 3 is 2.32 bits per heavy atom. The first kappa shape index (κ1) is 13.9. The van der Waals surface area contributed by atoms with Gasteiger partial charge in [0.05, 0.1) is 4.88 Å². The first-order valence-corrected chi connectivity index (χ1v) is 6.30. The number of amides is 1. The molecule has 1 aromatic heterocycles. The average molecular weight is 293 g/mol. The van der Waals surface area contributed by atoms with E-state index in [2.05, 4.69) is 0 Å². The standard InChI is InChI=1S/C11H10F3NO3S/c12-11(13,14)5-15(6-1-2-6)9(16)7-3-4-8(19-7)10(17)18/h3-4,6H,1-2,5H2,(H,17,18). The second kappa shape index (κ2) is 4.84. The van der Waals surface area contributed by atoms with Crippen LogP contribution in [0.15, 0.2) is 12.1 Å². The topological polar surface area (TPSA) is 57.6 Å². The van der Waals surface area contributed by atoms with Crippen LogP contribution in [-0.4, -0.2) is 40.6 Å². The lowest BCUT2D eigenvalue weighted by Crippen LogP contribution is -2.40. The van der Waals surface area contributed by atoms with Crippen LogP contribution in [0.2, 0.25) is 0 Å². The quantitative estimate of drug-likeness (QED) is 0.928. The minimum absolute atomic E-state index is 0.0218. The summed E-state index contributed by atoms with van der Waals surface area (Å²) in [7, 11) is 0. The number of carbonyl (C=O) groups excluding carboxylic acids is 1. The lowest BCUT2D eigenvalue weighted by Gasteiger charge is -2.23. The molecule has 0 spiro atoms. The lowest BCUT2D eigenvalue weighted by atomic mass is 10.3. The second-order valence-corrected chi connectivity index (χ2v) is 5.33. The molecule has 1 N–H and O–H groups in total. The van der Waals surface area contributed by atoms with E-state index in [9.17, 15) is 22.8 Å². The largest absolute Gasteiger partial charge is 0.477 e. The molecule has 8 heteroatoms. The Labute approximate surface area is 110 Å². The molecule has 2 rings (SSSR count). The molecule has 0 atom stereocenters. The molecule has 1 saturated carbocycles. The third-order valence-corrected chi connectivity index (χ3v) is 3.69. The van der Waals surface area contributed by atoms with Crippen LogP contribution in [0.1, 0.15) is 32.2 Å². The second-order valence-electron chi connectivity index (χ2n) is 4.25. The summed E-state index contributed by atoms with van der Waals surface area (Å²) in [6.07, 6.45) is -3.34. The van der Waals surface area contributed by atoms with Gasteiger partial charge >= 0.3 is 12.1 Å². The number of carbonyl (C=O) groups is 2.